The molecule has 0 spiro atoms. The van der Waals surface area contributed by atoms with Crippen LogP contribution in [0.3, 0.4) is 0 Å². The van der Waals surface area contributed by atoms with Crippen molar-refractivity contribution < 1.29 is 19.0 Å². The SMILES string of the molecule is COC(=O)C[C@H]1O[C@H](COCc2ccccc2)[C@@H](C)C1[Si](C)(C)c1ccccc1. The number of esters is 1. The lowest BCUT2D eigenvalue weighted by Crippen LogP contribution is -2.50. The number of rotatable bonds is 8. The summed E-state index contributed by atoms with van der Waals surface area (Å²) in [6.07, 6.45) is 0.141. The van der Waals surface area contributed by atoms with Crippen LogP contribution < -0.4 is 5.19 Å². The number of carbonyl (C=O) groups excluding carboxylic acids is 1. The second-order valence-corrected chi connectivity index (χ2v) is 13.2. The van der Waals surface area contributed by atoms with E-state index in [2.05, 4.69) is 62.5 Å². The average Bonchev–Trinajstić information content (AvgIpc) is 3.05. The minimum absolute atomic E-state index is 0.0196. The minimum Gasteiger partial charge on any atom is -0.469 e. The van der Waals surface area contributed by atoms with E-state index in [1.54, 1.807) is 0 Å². The number of carbonyl (C=O) groups is 1. The van der Waals surface area contributed by atoms with Crippen molar-refractivity contribution in [1.82, 2.24) is 0 Å². The van der Waals surface area contributed by atoms with Crippen LogP contribution in [-0.4, -0.2) is 40.0 Å². The topological polar surface area (TPSA) is 44.8 Å². The molecule has 1 saturated heterocycles. The monoisotopic (exact) mass is 412 g/mol. The predicted molar refractivity (Wildman–Crippen MR) is 118 cm³/mol. The van der Waals surface area contributed by atoms with Crippen LogP contribution in [0.4, 0.5) is 0 Å². The largest absolute Gasteiger partial charge is 0.469 e. The molecular weight excluding hydrogens is 380 g/mol. The predicted octanol–water partition coefficient (Wildman–Crippen LogP) is 4.16. The maximum atomic E-state index is 12.1. The van der Waals surface area contributed by atoms with Crippen molar-refractivity contribution in [2.75, 3.05) is 13.7 Å². The molecule has 4 atom stereocenters. The van der Waals surface area contributed by atoms with Gasteiger partial charge in [-0.05, 0) is 17.0 Å². The molecule has 156 valence electrons. The highest BCUT2D eigenvalue weighted by Gasteiger charge is 2.51. The average molecular weight is 413 g/mol. The highest BCUT2D eigenvalue weighted by atomic mass is 28.3. The highest BCUT2D eigenvalue weighted by molar-refractivity contribution is 6.91. The number of hydrogen-bond acceptors (Lipinski definition) is 4. The lowest BCUT2D eigenvalue weighted by Gasteiger charge is -2.35. The van der Waals surface area contributed by atoms with Crippen molar-refractivity contribution in [3.05, 3.63) is 66.2 Å². The zero-order valence-corrected chi connectivity index (χ0v) is 18.8. The molecule has 2 aromatic carbocycles. The molecule has 1 heterocycles. The number of ether oxygens (including phenoxy) is 3. The minimum atomic E-state index is -1.89. The fourth-order valence-electron chi connectivity index (χ4n) is 4.67. The molecule has 0 aliphatic carbocycles. The first-order valence-corrected chi connectivity index (χ1v) is 13.4. The van der Waals surface area contributed by atoms with Gasteiger partial charge >= 0.3 is 5.97 Å². The van der Waals surface area contributed by atoms with Crippen LogP contribution in [-0.2, 0) is 25.6 Å². The summed E-state index contributed by atoms with van der Waals surface area (Å²) in [6, 6.07) is 20.8. The Bertz CT molecular complexity index is 778. The van der Waals surface area contributed by atoms with Crippen molar-refractivity contribution in [3.63, 3.8) is 0 Å². The van der Waals surface area contributed by atoms with Gasteiger partial charge in [0.25, 0.3) is 0 Å². The Labute approximate surface area is 175 Å². The second kappa shape index (κ2) is 9.70. The number of hydrogen-bond donors (Lipinski definition) is 0. The molecule has 1 unspecified atom stereocenters. The Kier molecular flexibility index (Phi) is 7.27. The quantitative estimate of drug-likeness (QED) is 0.482. The number of methoxy groups -OCH3 is 1. The van der Waals surface area contributed by atoms with Crippen LogP contribution in [0.2, 0.25) is 18.6 Å². The van der Waals surface area contributed by atoms with Gasteiger partial charge in [0.15, 0.2) is 0 Å². The summed E-state index contributed by atoms with van der Waals surface area (Å²) in [5, 5.41) is 1.39. The summed E-state index contributed by atoms with van der Waals surface area (Å²) >= 11 is 0. The zero-order valence-electron chi connectivity index (χ0n) is 17.8. The van der Waals surface area contributed by atoms with Crippen LogP contribution in [0.1, 0.15) is 18.9 Å². The first kappa shape index (κ1) is 21.7. The van der Waals surface area contributed by atoms with Gasteiger partial charge in [0.05, 0.1) is 47.0 Å². The second-order valence-electron chi connectivity index (χ2n) is 8.47. The van der Waals surface area contributed by atoms with E-state index in [4.69, 9.17) is 14.2 Å². The fourth-order valence-corrected chi connectivity index (χ4v) is 8.76. The van der Waals surface area contributed by atoms with E-state index in [9.17, 15) is 4.79 Å². The molecule has 2 aromatic rings. The standard InChI is InChI=1S/C24H32O4Si/c1-18-22(17-27-16-19-11-7-5-8-12-19)28-21(15-23(25)26-2)24(18)29(3,4)20-13-9-6-10-14-20/h5-14,18,21-22,24H,15-17H2,1-4H3/t18-,21-,22-,24?/m1/s1. The van der Waals surface area contributed by atoms with Crippen molar-refractivity contribution in [1.29, 1.82) is 0 Å². The van der Waals surface area contributed by atoms with Crippen LogP contribution in [0.5, 0.6) is 0 Å². The normalized spacial score (nSPS) is 24.4. The summed E-state index contributed by atoms with van der Waals surface area (Å²) in [5.41, 5.74) is 1.47. The molecule has 3 rings (SSSR count). The van der Waals surface area contributed by atoms with E-state index in [0.717, 1.165) is 5.56 Å². The van der Waals surface area contributed by atoms with E-state index in [1.807, 2.05) is 18.2 Å². The lowest BCUT2D eigenvalue weighted by molar-refractivity contribution is -0.144. The highest BCUT2D eigenvalue weighted by Crippen LogP contribution is 2.45. The molecule has 0 bridgehead atoms. The Morgan fingerprint density at radius 1 is 1.00 bits per heavy atom. The van der Waals surface area contributed by atoms with Gasteiger partial charge in [-0.15, -0.1) is 0 Å². The van der Waals surface area contributed by atoms with Gasteiger partial charge < -0.3 is 14.2 Å². The van der Waals surface area contributed by atoms with Gasteiger partial charge in [0.1, 0.15) is 0 Å². The Morgan fingerprint density at radius 3 is 2.24 bits per heavy atom. The van der Waals surface area contributed by atoms with E-state index in [1.165, 1.54) is 12.3 Å². The molecule has 0 amide bonds. The van der Waals surface area contributed by atoms with E-state index < -0.39 is 8.07 Å². The summed E-state index contributed by atoms with van der Waals surface area (Å²) in [5.74, 6) is 0.0956. The third-order valence-corrected chi connectivity index (χ3v) is 10.6. The first-order valence-electron chi connectivity index (χ1n) is 10.3. The Balaban J connectivity index is 1.74. The first-order chi connectivity index (χ1) is 13.9. The smallest absolute Gasteiger partial charge is 0.308 e. The fraction of sp³-hybridized carbons (Fsp3) is 0.458. The van der Waals surface area contributed by atoms with Gasteiger partial charge in [-0.3, -0.25) is 4.79 Å². The molecule has 0 aromatic heterocycles. The third kappa shape index (κ3) is 5.16. The third-order valence-electron chi connectivity index (χ3n) is 6.24. The summed E-state index contributed by atoms with van der Waals surface area (Å²) in [6.45, 7) is 8.10. The van der Waals surface area contributed by atoms with E-state index in [0.29, 0.717) is 31.1 Å². The zero-order chi connectivity index (χ0) is 20.9. The molecule has 1 aliphatic heterocycles. The Morgan fingerprint density at radius 2 is 1.62 bits per heavy atom. The molecule has 0 N–H and O–H groups in total. The lowest BCUT2D eigenvalue weighted by atomic mass is 10.00. The van der Waals surface area contributed by atoms with E-state index in [-0.39, 0.29) is 18.2 Å². The van der Waals surface area contributed by atoms with Gasteiger partial charge in [-0.1, -0.05) is 85.9 Å². The van der Waals surface area contributed by atoms with Gasteiger partial charge in [-0.2, -0.15) is 0 Å². The van der Waals surface area contributed by atoms with Crippen molar-refractivity contribution >= 4 is 19.2 Å². The molecule has 4 nitrogen and oxygen atoms in total. The molecule has 5 heteroatoms. The van der Waals surface area contributed by atoms with Crippen molar-refractivity contribution in [3.8, 4) is 0 Å². The number of benzene rings is 2. The molecule has 0 saturated carbocycles. The molecule has 1 fully saturated rings. The van der Waals surface area contributed by atoms with Gasteiger partial charge in [0.2, 0.25) is 0 Å². The summed E-state index contributed by atoms with van der Waals surface area (Å²) < 4.78 is 17.4. The van der Waals surface area contributed by atoms with E-state index >= 15 is 0 Å². The molecular formula is C24H32O4Si. The van der Waals surface area contributed by atoms with Crippen molar-refractivity contribution in [2.45, 2.75) is 50.8 Å². The van der Waals surface area contributed by atoms with Gasteiger partial charge in [0, 0.05) is 0 Å². The Hall–Kier alpha value is -1.95. The van der Waals surface area contributed by atoms with Crippen LogP contribution in [0.25, 0.3) is 0 Å². The molecule has 1 aliphatic rings. The van der Waals surface area contributed by atoms with Crippen LogP contribution in [0, 0.1) is 5.92 Å². The molecule has 0 radical (unpaired) electrons. The van der Waals surface area contributed by atoms with Crippen LogP contribution in [0.15, 0.2) is 60.7 Å². The summed E-state index contributed by atoms with van der Waals surface area (Å²) in [7, 11) is -0.445. The maximum Gasteiger partial charge on any atom is 0.308 e. The van der Waals surface area contributed by atoms with Crippen LogP contribution >= 0.6 is 0 Å². The molecule has 29 heavy (non-hydrogen) atoms. The maximum absolute atomic E-state index is 12.1. The summed E-state index contributed by atoms with van der Waals surface area (Å²) in [4.78, 5) is 12.1. The van der Waals surface area contributed by atoms with Crippen molar-refractivity contribution in [2.24, 2.45) is 5.92 Å². The van der Waals surface area contributed by atoms with Gasteiger partial charge in [-0.25, -0.2) is 0 Å².